The minimum Gasteiger partial charge on any atom is -0.217 e. The molecule has 0 N–H and O–H groups in total. The number of rotatable bonds is 1. The van der Waals surface area contributed by atoms with Crippen molar-refractivity contribution in [2.75, 3.05) is 0 Å². The molecule has 0 aliphatic rings. The van der Waals surface area contributed by atoms with E-state index in [-0.39, 0.29) is 5.82 Å². The molecule has 3 rings (SSSR count). The molecule has 0 saturated carbocycles. The smallest absolute Gasteiger partial charge is 0.165 e. The predicted octanol–water partition coefficient (Wildman–Crippen LogP) is 4.46. The lowest BCUT2D eigenvalue weighted by Gasteiger charge is -2.05. The van der Waals surface area contributed by atoms with Gasteiger partial charge in [0.2, 0.25) is 0 Å². The molecule has 0 aliphatic carbocycles. The van der Waals surface area contributed by atoms with Crippen molar-refractivity contribution in [2.45, 2.75) is 6.92 Å². The van der Waals surface area contributed by atoms with Crippen molar-refractivity contribution in [3.8, 4) is 11.4 Å². The predicted molar refractivity (Wildman–Crippen MR) is 72.6 cm³/mol. The molecule has 5 heteroatoms. The standard InChI is InChI=1S/C13H8ClFN2S/c1-7-3-2-4-8(10(7)15)12-16-11(14)9-5-6-18-13(9)17-12/h2-6H,1H3. The van der Waals surface area contributed by atoms with E-state index >= 15 is 0 Å². The van der Waals surface area contributed by atoms with Gasteiger partial charge in [0.15, 0.2) is 5.82 Å². The Balaban J connectivity index is 2.28. The second-order valence-corrected chi connectivity index (χ2v) is 5.17. The number of halogens is 2. The van der Waals surface area contributed by atoms with Crippen molar-refractivity contribution < 1.29 is 4.39 Å². The highest BCUT2D eigenvalue weighted by Gasteiger charge is 2.13. The summed E-state index contributed by atoms with van der Waals surface area (Å²) in [4.78, 5) is 9.29. The highest BCUT2D eigenvalue weighted by atomic mass is 35.5. The molecule has 0 aliphatic heterocycles. The van der Waals surface area contributed by atoms with Crippen LogP contribution in [0.2, 0.25) is 5.15 Å². The first kappa shape index (κ1) is 11.6. The first-order chi connectivity index (χ1) is 8.66. The Labute approximate surface area is 112 Å². The molecule has 18 heavy (non-hydrogen) atoms. The van der Waals surface area contributed by atoms with Gasteiger partial charge in [-0.2, -0.15) is 0 Å². The van der Waals surface area contributed by atoms with Crippen LogP contribution in [-0.2, 0) is 0 Å². The van der Waals surface area contributed by atoms with Crippen LogP contribution >= 0.6 is 22.9 Å². The first-order valence-corrected chi connectivity index (χ1v) is 6.59. The molecule has 2 nitrogen and oxygen atoms in total. The number of benzene rings is 1. The van der Waals surface area contributed by atoms with Crippen LogP contribution in [0.15, 0.2) is 29.6 Å². The van der Waals surface area contributed by atoms with Gasteiger partial charge in [-0.25, -0.2) is 14.4 Å². The number of thiophene rings is 1. The fourth-order valence-electron chi connectivity index (χ4n) is 1.76. The quantitative estimate of drug-likeness (QED) is 0.614. The van der Waals surface area contributed by atoms with Gasteiger partial charge in [-0.05, 0) is 30.0 Å². The van der Waals surface area contributed by atoms with Gasteiger partial charge in [0.1, 0.15) is 15.8 Å². The van der Waals surface area contributed by atoms with Crippen molar-refractivity contribution in [1.82, 2.24) is 9.97 Å². The highest BCUT2D eigenvalue weighted by Crippen LogP contribution is 2.29. The summed E-state index contributed by atoms with van der Waals surface area (Å²) < 4.78 is 14.0. The SMILES string of the molecule is Cc1cccc(-c2nc(Cl)c3ccsc3n2)c1F. The fourth-order valence-corrected chi connectivity index (χ4v) is 2.81. The van der Waals surface area contributed by atoms with Crippen molar-refractivity contribution in [2.24, 2.45) is 0 Å². The van der Waals surface area contributed by atoms with E-state index in [2.05, 4.69) is 9.97 Å². The van der Waals surface area contributed by atoms with Gasteiger partial charge in [0.25, 0.3) is 0 Å². The molecule has 0 atom stereocenters. The van der Waals surface area contributed by atoms with Gasteiger partial charge in [-0.15, -0.1) is 11.3 Å². The maximum atomic E-state index is 14.0. The van der Waals surface area contributed by atoms with Crippen LogP contribution < -0.4 is 0 Å². The lowest BCUT2D eigenvalue weighted by Crippen LogP contribution is -1.94. The Kier molecular flexibility index (Phi) is 2.76. The summed E-state index contributed by atoms with van der Waals surface area (Å²) >= 11 is 7.54. The molecular weight excluding hydrogens is 271 g/mol. The number of hydrogen-bond acceptors (Lipinski definition) is 3. The number of hydrogen-bond donors (Lipinski definition) is 0. The highest BCUT2D eigenvalue weighted by molar-refractivity contribution is 7.16. The normalized spacial score (nSPS) is 11.1. The van der Waals surface area contributed by atoms with Gasteiger partial charge in [-0.1, -0.05) is 23.7 Å². The summed E-state index contributed by atoms with van der Waals surface area (Å²) in [6.07, 6.45) is 0. The van der Waals surface area contributed by atoms with Gasteiger partial charge in [-0.3, -0.25) is 0 Å². The molecular formula is C13H8ClFN2S. The summed E-state index contributed by atoms with van der Waals surface area (Å²) in [5.74, 6) is 0.0284. The monoisotopic (exact) mass is 278 g/mol. The van der Waals surface area contributed by atoms with Crippen molar-refractivity contribution in [3.05, 3.63) is 46.2 Å². The first-order valence-electron chi connectivity index (χ1n) is 5.33. The zero-order valence-corrected chi connectivity index (χ0v) is 11.0. The molecule has 0 radical (unpaired) electrons. The molecule has 0 fully saturated rings. The van der Waals surface area contributed by atoms with Crippen LogP contribution in [0.4, 0.5) is 4.39 Å². The maximum Gasteiger partial charge on any atom is 0.165 e. The Morgan fingerprint density at radius 3 is 2.89 bits per heavy atom. The van der Waals surface area contributed by atoms with Crippen LogP contribution in [0, 0.1) is 12.7 Å². The molecule has 90 valence electrons. The minimum atomic E-state index is -0.301. The second kappa shape index (κ2) is 4.30. The van der Waals surface area contributed by atoms with E-state index in [0.717, 1.165) is 10.2 Å². The van der Waals surface area contributed by atoms with Crippen LogP contribution in [0.3, 0.4) is 0 Å². The lowest BCUT2D eigenvalue weighted by atomic mass is 10.1. The van der Waals surface area contributed by atoms with E-state index in [4.69, 9.17) is 11.6 Å². The summed E-state index contributed by atoms with van der Waals surface area (Å²) in [7, 11) is 0. The molecule has 3 aromatic rings. The molecule has 1 aromatic carbocycles. The van der Waals surface area contributed by atoms with Gasteiger partial charge < -0.3 is 0 Å². The Morgan fingerprint density at radius 2 is 2.06 bits per heavy atom. The van der Waals surface area contributed by atoms with Gasteiger partial charge in [0.05, 0.1) is 5.56 Å². The van der Waals surface area contributed by atoms with Crippen LogP contribution in [-0.4, -0.2) is 9.97 Å². The number of aromatic nitrogens is 2. The molecule has 0 saturated heterocycles. The van der Waals surface area contributed by atoms with Crippen LogP contribution in [0.5, 0.6) is 0 Å². The third-order valence-corrected chi connectivity index (χ3v) is 3.81. The molecule has 0 bridgehead atoms. The minimum absolute atomic E-state index is 0.301. The zero-order valence-electron chi connectivity index (χ0n) is 9.45. The molecule has 2 heterocycles. The second-order valence-electron chi connectivity index (χ2n) is 3.91. The molecule has 2 aromatic heterocycles. The van der Waals surface area contributed by atoms with Crippen molar-refractivity contribution in [3.63, 3.8) is 0 Å². The lowest BCUT2D eigenvalue weighted by molar-refractivity contribution is 0.621. The number of aryl methyl sites for hydroxylation is 1. The van der Waals surface area contributed by atoms with E-state index in [9.17, 15) is 4.39 Å². The van der Waals surface area contributed by atoms with Crippen molar-refractivity contribution in [1.29, 1.82) is 0 Å². The molecule has 0 spiro atoms. The van der Waals surface area contributed by atoms with Gasteiger partial charge in [0, 0.05) is 5.39 Å². The fraction of sp³-hybridized carbons (Fsp3) is 0.0769. The Morgan fingerprint density at radius 1 is 1.22 bits per heavy atom. The summed E-state index contributed by atoms with van der Waals surface area (Å²) in [5, 5.41) is 3.05. The topological polar surface area (TPSA) is 25.8 Å². The Bertz CT molecular complexity index is 739. The maximum absolute atomic E-state index is 14.0. The van der Waals surface area contributed by atoms with Gasteiger partial charge >= 0.3 is 0 Å². The molecule has 0 amide bonds. The number of fused-ring (bicyclic) bond motifs is 1. The third-order valence-electron chi connectivity index (χ3n) is 2.71. The van der Waals surface area contributed by atoms with Crippen molar-refractivity contribution >= 4 is 33.2 Å². The summed E-state index contributed by atoms with van der Waals surface area (Å²) in [6, 6.07) is 7.01. The average Bonchev–Trinajstić information content (AvgIpc) is 2.81. The largest absolute Gasteiger partial charge is 0.217 e. The summed E-state index contributed by atoms with van der Waals surface area (Å²) in [5.41, 5.74) is 0.950. The zero-order chi connectivity index (χ0) is 12.7. The van der Waals surface area contributed by atoms with E-state index in [0.29, 0.717) is 22.1 Å². The molecule has 0 unspecified atom stereocenters. The van der Waals surface area contributed by atoms with E-state index < -0.39 is 0 Å². The van der Waals surface area contributed by atoms with E-state index in [1.807, 2.05) is 11.4 Å². The van der Waals surface area contributed by atoms with E-state index in [1.54, 1.807) is 25.1 Å². The number of nitrogens with zero attached hydrogens (tertiary/aromatic N) is 2. The average molecular weight is 279 g/mol. The third kappa shape index (κ3) is 1.78. The van der Waals surface area contributed by atoms with Crippen LogP contribution in [0.25, 0.3) is 21.6 Å². The van der Waals surface area contributed by atoms with Crippen LogP contribution in [0.1, 0.15) is 5.56 Å². The Hall–Kier alpha value is -1.52. The summed E-state index contributed by atoms with van der Waals surface area (Å²) in [6.45, 7) is 1.71. The van der Waals surface area contributed by atoms with E-state index in [1.165, 1.54) is 11.3 Å².